The zero-order valence-electron chi connectivity index (χ0n) is 13.7. The Morgan fingerprint density at radius 2 is 2.22 bits per heavy atom. The number of guanidine groups is 1. The highest BCUT2D eigenvalue weighted by atomic mass is 32.1. The Kier molecular flexibility index (Phi) is 5.88. The highest BCUT2D eigenvalue weighted by Crippen LogP contribution is 2.27. The predicted octanol–water partition coefficient (Wildman–Crippen LogP) is 1.16. The first-order valence-corrected chi connectivity index (χ1v) is 9.13. The smallest absolute Gasteiger partial charge is 0.191 e. The summed E-state index contributed by atoms with van der Waals surface area (Å²) in [4.78, 5) is 10.6. The summed E-state index contributed by atoms with van der Waals surface area (Å²) in [5.74, 6) is 0.635. The summed E-state index contributed by atoms with van der Waals surface area (Å²) in [5, 5.41) is 2.13. The molecule has 2 fully saturated rings. The molecule has 7 heteroatoms. The van der Waals surface area contributed by atoms with Crippen molar-refractivity contribution in [2.24, 2.45) is 10.7 Å². The van der Waals surface area contributed by atoms with Crippen LogP contribution >= 0.6 is 11.3 Å². The lowest BCUT2D eigenvalue weighted by Gasteiger charge is -2.36. The summed E-state index contributed by atoms with van der Waals surface area (Å²) in [6, 6.07) is 4.57. The Morgan fingerprint density at radius 1 is 1.39 bits per heavy atom. The maximum absolute atomic E-state index is 6.19. The molecule has 6 nitrogen and oxygen atoms in total. The van der Waals surface area contributed by atoms with Gasteiger partial charge in [-0.15, -0.1) is 11.3 Å². The topological polar surface area (TPSA) is 63.3 Å². The summed E-state index contributed by atoms with van der Waals surface area (Å²) in [5.41, 5.74) is 6.19. The van der Waals surface area contributed by atoms with Crippen LogP contribution < -0.4 is 5.73 Å². The third-order valence-electron chi connectivity index (χ3n) is 4.35. The first-order chi connectivity index (χ1) is 11.2. The van der Waals surface area contributed by atoms with Crippen molar-refractivity contribution < 1.29 is 9.47 Å². The van der Waals surface area contributed by atoms with Crippen molar-refractivity contribution in [1.82, 2.24) is 9.80 Å². The number of hydrogen-bond acceptors (Lipinski definition) is 5. The Balaban J connectivity index is 1.68. The van der Waals surface area contributed by atoms with Crippen molar-refractivity contribution >= 4 is 17.3 Å². The van der Waals surface area contributed by atoms with Crippen LogP contribution in [0.3, 0.4) is 0 Å². The zero-order valence-corrected chi connectivity index (χ0v) is 14.5. The molecular formula is C16H26N4O2S. The lowest BCUT2D eigenvalue weighted by atomic mass is 10.1. The lowest BCUT2D eigenvalue weighted by molar-refractivity contribution is -0.0327. The van der Waals surface area contributed by atoms with Gasteiger partial charge in [0.1, 0.15) is 0 Å². The molecule has 2 aliphatic rings. The fourth-order valence-electron chi connectivity index (χ4n) is 3.07. The van der Waals surface area contributed by atoms with Crippen molar-refractivity contribution in [1.29, 1.82) is 0 Å². The SMILES string of the molecule is C[C@H]1CN([C@H](CN=C(N)N2CCOCC2)c2cccs2)CCO1. The van der Waals surface area contributed by atoms with Crippen LogP contribution in [0.15, 0.2) is 22.5 Å². The average Bonchev–Trinajstić information content (AvgIpc) is 3.10. The molecule has 2 saturated heterocycles. The second kappa shape index (κ2) is 8.10. The van der Waals surface area contributed by atoms with E-state index in [1.807, 2.05) is 0 Å². The minimum atomic E-state index is 0.270. The molecule has 0 amide bonds. The predicted molar refractivity (Wildman–Crippen MR) is 92.9 cm³/mol. The minimum Gasteiger partial charge on any atom is -0.378 e. The highest BCUT2D eigenvalue weighted by Gasteiger charge is 2.26. The number of thiophene rings is 1. The van der Waals surface area contributed by atoms with E-state index in [1.165, 1.54) is 4.88 Å². The maximum atomic E-state index is 6.19. The van der Waals surface area contributed by atoms with Gasteiger partial charge in [0.15, 0.2) is 5.96 Å². The van der Waals surface area contributed by atoms with Crippen LogP contribution in [0.5, 0.6) is 0 Å². The Bertz CT molecular complexity index is 502. The van der Waals surface area contributed by atoms with E-state index in [-0.39, 0.29) is 12.1 Å². The van der Waals surface area contributed by atoms with Crippen molar-refractivity contribution in [3.8, 4) is 0 Å². The van der Waals surface area contributed by atoms with Gasteiger partial charge in [-0.2, -0.15) is 0 Å². The fraction of sp³-hybridized carbons (Fsp3) is 0.688. The minimum absolute atomic E-state index is 0.270. The molecule has 0 unspecified atom stereocenters. The second-order valence-corrected chi connectivity index (χ2v) is 6.99. The highest BCUT2D eigenvalue weighted by molar-refractivity contribution is 7.10. The van der Waals surface area contributed by atoms with Crippen LogP contribution in [-0.2, 0) is 9.47 Å². The number of nitrogens with zero attached hydrogens (tertiary/aromatic N) is 3. The molecule has 1 aromatic rings. The van der Waals surface area contributed by atoms with Crippen LogP contribution in [-0.4, -0.2) is 74.4 Å². The van der Waals surface area contributed by atoms with E-state index in [4.69, 9.17) is 20.2 Å². The maximum Gasteiger partial charge on any atom is 0.191 e. The van der Waals surface area contributed by atoms with Crippen molar-refractivity contribution in [2.45, 2.75) is 19.1 Å². The number of hydrogen-bond donors (Lipinski definition) is 1. The molecule has 0 bridgehead atoms. The van der Waals surface area contributed by atoms with E-state index in [2.05, 4.69) is 34.2 Å². The molecule has 0 aliphatic carbocycles. The zero-order chi connectivity index (χ0) is 16.1. The van der Waals surface area contributed by atoms with Gasteiger partial charge in [0.2, 0.25) is 0 Å². The van der Waals surface area contributed by atoms with E-state index in [0.29, 0.717) is 12.5 Å². The van der Waals surface area contributed by atoms with Gasteiger partial charge in [-0.1, -0.05) is 6.07 Å². The van der Waals surface area contributed by atoms with Crippen LogP contribution in [0.4, 0.5) is 0 Å². The monoisotopic (exact) mass is 338 g/mol. The number of nitrogens with two attached hydrogens (primary N) is 1. The summed E-state index contributed by atoms with van der Waals surface area (Å²) >= 11 is 1.79. The van der Waals surface area contributed by atoms with E-state index < -0.39 is 0 Å². The molecule has 0 saturated carbocycles. The average molecular weight is 338 g/mol. The standard InChI is InChI=1S/C16H26N4O2S/c1-13-12-20(6-9-22-13)14(15-3-2-10-23-15)11-18-16(17)19-4-7-21-8-5-19/h2-3,10,13-14H,4-9,11-12H2,1H3,(H2,17,18)/t13-,14+/m0/s1. The lowest BCUT2D eigenvalue weighted by Crippen LogP contribution is -2.46. The Labute approximate surface area is 141 Å². The van der Waals surface area contributed by atoms with E-state index in [1.54, 1.807) is 11.3 Å². The van der Waals surface area contributed by atoms with Crippen molar-refractivity contribution in [3.05, 3.63) is 22.4 Å². The molecule has 0 spiro atoms. The largest absolute Gasteiger partial charge is 0.378 e. The molecule has 0 radical (unpaired) electrons. The molecule has 3 rings (SSSR count). The van der Waals surface area contributed by atoms with Gasteiger partial charge >= 0.3 is 0 Å². The molecule has 1 aromatic heterocycles. The Hall–Kier alpha value is -1.15. The Morgan fingerprint density at radius 3 is 2.91 bits per heavy atom. The summed E-state index contributed by atoms with van der Waals surface area (Å²) in [7, 11) is 0. The molecule has 2 N–H and O–H groups in total. The van der Waals surface area contributed by atoms with Crippen molar-refractivity contribution in [2.75, 3.05) is 52.5 Å². The quantitative estimate of drug-likeness (QED) is 0.659. The van der Waals surface area contributed by atoms with Crippen molar-refractivity contribution in [3.63, 3.8) is 0 Å². The third kappa shape index (κ3) is 4.44. The van der Waals surface area contributed by atoms with Gasteiger partial charge in [-0.05, 0) is 18.4 Å². The first kappa shape index (κ1) is 16.7. The molecule has 3 heterocycles. The molecule has 2 atom stereocenters. The molecule has 0 aromatic carbocycles. The van der Waals surface area contributed by atoms with Gasteiger partial charge in [-0.3, -0.25) is 9.89 Å². The summed E-state index contributed by atoms with van der Waals surface area (Å²) in [6.45, 7) is 8.60. The first-order valence-electron chi connectivity index (χ1n) is 8.25. The summed E-state index contributed by atoms with van der Waals surface area (Å²) in [6.07, 6.45) is 0.270. The van der Waals surface area contributed by atoms with E-state index in [0.717, 1.165) is 46.0 Å². The van der Waals surface area contributed by atoms with Crippen LogP contribution in [0.25, 0.3) is 0 Å². The third-order valence-corrected chi connectivity index (χ3v) is 5.32. The van der Waals surface area contributed by atoms with Gasteiger partial charge in [-0.25, -0.2) is 0 Å². The van der Waals surface area contributed by atoms with E-state index >= 15 is 0 Å². The molecule has 128 valence electrons. The number of rotatable bonds is 4. The molecule has 23 heavy (non-hydrogen) atoms. The number of aliphatic imine (C=N–C) groups is 1. The van der Waals surface area contributed by atoms with Crippen LogP contribution in [0.2, 0.25) is 0 Å². The van der Waals surface area contributed by atoms with Gasteiger partial charge in [0, 0.05) is 31.1 Å². The van der Waals surface area contributed by atoms with Crippen LogP contribution in [0.1, 0.15) is 17.8 Å². The van der Waals surface area contributed by atoms with Gasteiger partial charge < -0.3 is 20.1 Å². The fourth-order valence-corrected chi connectivity index (χ4v) is 3.92. The second-order valence-electron chi connectivity index (χ2n) is 6.01. The summed E-state index contributed by atoms with van der Waals surface area (Å²) < 4.78 is 11.0. The van der Waals surface area contributed by atoms with E-state index in [9.17, 15) is 0 Å². The number of ether oxygens (including phenoxy) is 2. The van der Waals surface area contributed by atoms with Crippen LogP contribution in [0, 0.1) is 0 Å². The molecule has 2 aliphatic heterocycles. The number of morpholine rings is 2. The normalized spacial score (nSPS) is 25.5. The molecular weight excluding hydrogens is 312 g/mol. The van der Waals surface area contributed by atoms with Gasteiger partial charge in [0.05, 0.1) is 38.5 Å². The van der Waals surface area contributed by atoms with Gasteiger partial charge in [0.25, 0.3) is 0 Å².